The third-order valence-electron chi connectivity index (χ3n) is 3.98. The Bertz CT molecular complexity index is 609. The molecule has 0 aliphatic carbocycles. The molecule has 29 heavy (non-hydrogen) atoms. The van der Waals surface area contributed by atoms with Crippen LogP contribution in [0.15, 0.2) is 24.3 Å². The van der Waals surface area contributed by atoms with E-state index < -0.39 is 8.80 Å². The largest absolute Gasteiger partial charge is 0.515 e. The maximum atomic E-state index is 12.7. The van der Waals surface area contributed by atoms with Crippen LogP contribution in [0.2, 0.25) is 0 Å². The first-order valence-electron chi connectivity index (χ1n) is 9.88. The second kappa shape index (κ2) is 14.1. The summed E-state index contributed by atoms with van der Waals surface area (Å²) in [4.78, 5) is 12.5. The molecule has 0 aliphatic rings. The van der Waals surface area contributed by atoms with Crippen LogP contribution in [0.25, 0.3) is 0 Å². The summed E-state index contributed by atoms with van der Waals surface area (Å²) >= 11 is 6.71. The van der Waals surface area contributed by atoms with E-state index in [2.05, 4.69) is 0 Å². The van der Waals surface area contributed by atoms with Gasteiger partial charge in [-0.1, -0.05) is 11.8 Å². The minimum absolute atomic E-state index is 0.0352. The quantitative estimate of drug-likeness (QED) is 0.225. The molecule has 0 spiro atoms. The molecule has 0 fully saturated rings. The van der Waals surface area contributed by atoms with Gasteiger partial charge in [-0.2, -0.15) is 0 Å². The predicted octanol–water partition coefficient (Wildman–Crippen LogP) is 4.67. The Kier molecular flexibility index (Phi) is 12.7. The molecule has 164 valence electrons. The van der Waals surface area contributed by atoms with Gasteiger partial charge in [-0.3, -0.25) is 4.79 Å². The normalized spacial score (nSPS) is 12.4. The second-order valence-electron chi connectivity index (χ2n) is 5.88. The topological polar surface area (TPSA) is 63.2 Å². The molecule has 0 saturated heterocycles. The van der Waals surface area contributed by atoms with Gasteiger partial charge in [0.15, 0.2) is 5.78 Å². The number of hydrogen-bond acceptors (Lipinski definition) is 8. The molecule has 0 saturated carbocycles. The average Bonchev–Trinajstić information content (AvgIpc) is 2.71. The lowest BCUT2D eigenvalue weighted by molar-refractivity contribution is 0.0685. The van der Waals surface area contributed by atoms with Gasteiger partial charge in [-0.25, -0.2) is 0 Å². The molecule has 1 aromatic rings. The van der Waals surface area contributed by atoms with Crippen molar-refractivity contribution >= 4 is 43.0 Å². The fraction of sp³-hybridized carbons (Fsp3) is 0.600. The lowest BCUT2D eigenvalue weighted by Gasteiger charge is -2.34. The Balaban J connectivity index is 3.01. The van der Waals surface area contributed by atoms with Gasteiger partial charge in [0, 0.05) is 31.8 Å². The van der Waals surface area contributed by atoms with Crippen LogP contribution >= 0.6 is 24.0 Å². The van der Waals surface area contributed by atoms with Crippen LogP contribution in [0.1, 0.15) is 50.9 Å². The Morgan fingerprint density at radius 2 is 1.55 bits per heavy atom. The molecule has 1 atom stereocenters. The molecule has 9 heteroatoms. The van der Waals surface area contributed by atoms with E-state index in [9.17, 15) is 4.79 Å². The van der Waals surface area contributed by atoms with Crippen LogP contribution in [0.5, 0.6) is 5.75 Å². The van der Waals surface area contributed by atoms with Gasteiger partial charge < -0.3 is 22.8 Å². The summed E-state index contributed by atoms with van der Waals surface area (Å²) in [6.45, 7) is 9.45. The molecule has 0 amide bonds. The average molecular weight is 461 g/mol. The van der Waals surface area contributed by atoms with Crippen molar-refractivity contribution < 1.29 is 27.5 Å². The zero-order chi connectivity index (χ0) is 21.7. The summed E-state index contributed by atoms with van der Waals surface area (Å²) in [6.07, 6.45) is 0.829. The number of thiocarbonyl (C=S) groups is 1. The molecular weight excluding hydrogens is 428 g/mol. The van der Waals surface area contributed by atoms with Crippen LogP contribution in [0.4, 0.5) is 0 Å². The Hall–Kier alpha value is -0.973. The van der Waals surface area contributed by atoms with E-state index in [4.69, 9.17) is 35.0 Å². The maximum absolute atomic E-state index is 12.7. The molecule has 6 nitrogen and oxygen atoms in total. The Morgan fingerprint density at radius 1 is 1.00 bits per heavy atom. The molecular formula is C20H32O6S2Si. The van der Waals surface area contributed by atoms with Gasteiger partial charge in [0.25, 0.3) is 0 Å². The fourth-order valence-electron chi connectivity index (χ4n) is 2.77. The first kappa shape index (κ1) is 26.1. The predicted molar refractivity (Wildman–Crippen MR) is 123 cm³/mol. The summed E-state index contributed by atoms with van der Waals surface area (Å²) in [5, 5.41) is 0. The van der Waals surface area contributed by atoms with Gasteiger partial charge in [-0.15, -0.1) is 0 Å². The van der Waals surface area contributed by atoms with E-state index in [1.54, 1.807) is 31.4 Å². The zero-order valence-corrected chi connectivity index (χ0v) is 20.5. The van der Waals surface area contributed by atoms with E-state index in [-0.39, 0.29) is 10.7 Å². The molecule has 1 unspecified atom stereocenters. The third-order valence-corrected chi connectivity index (χ3v) is 9.58. The maximum Gasteiger partial charge on any atom is 0.515 e. The van der Waals surface area contributed by atoms with E-state index in [1.165, 1.54) is 11.8 Å². The first-order chi connectivity index (χ1) is 14.0. The van der Waals surface area contributed by atoms with Crippen molar-refractivity contribution in [3.05, 3.63) is 29.8 Å². The minimum atomic E-state index is -3.08. The van der Waals surface area contributed by atoms with Crippen LogP contribution in [-0.2, 0) is 18.0 Å². The first-order valence-corrected chi connectivity index (χ1v) is 13.0. The number of carbonyl (C=O) groups excluding carboxylic acids is 1. The number of methoxy groups -OCH3 is 1. The van der Waals surface area contributed by atoms with Crippen LogP contribution < -0.4 is 4.74 Å². The molecule has 0 heterocycles. The lowest BCUT2D eigenvalue weighted by Crippen LogP contribution is -2.55. The van der Waals surface area contributed by atoms with Crippen molar-refractivity contribution in [2.75, 3.05) is 33.5 Å². The fourth-order valence-corrected chi connectivity index (χ4v) is 8.17. The number of benzene rings is 1. The zero-order valence-electron chi connectivity index (χ0n) is 17.9. The second-order valence-corrected chi connectivity index (χ2v) is 10.9. The molecule has 0 bridgehead atoms. The molecule has 0 radical (unpaired) electrons. The van der Waals surface area contributed by atoms with Gasteiger partial charge in [0.2, 0.25) is 4.38 Å². The monoisotopic (exact) mass is 460 g/mol. The van der Waals surface area contributed by atoms with E-state index >= 15 is 0 Å². The van der Waals surface area contributed by atoms with Gasteiger partial charge in [-0.05, 0) is 70.6 Å². The number of thioether (sulfide) groups is 1. The van der Waals surface area contributed by atoms with E-state index in [0.717, 1.165) is 0 Å². The van der Waals surface area contributed by atoms with E-state index in [0.29, 0.717) is 55.0 Å². The molecule has 0 aromatic heterocycles. The number of ether oxygens (including phenoxy) is 2. The number of Topliss-reactive ketones (excluding diaryl/α,β-unsaturated/α-hetero) is 1. The number of rotatable bonds is 14. The van der Waals surface area contributed by atoms with Crippen LogP contribution in [-0.4, -0.2) is 57.4 Å². The molecule has 1 aromatic carbocycles. The molecule has 0 N–H and O–H groups in total. The highest BCUT2D eigenvalue weighted by atomic mass is 32.2. The van der Waals surface area contributed by atoms with Crippen molar-refractivity contribution in [2.45, 2.75) is 45.4 Å². The smallest absolute Gasteiger partial charge is 0.497 e. The van der Waals surface area contributed by atoms with Crippen molar-refractivity contribution in [1.29, 1.82) is 0 Å². The highest BCUT2D eigenvalue weighted by Crippen LogP contribution is 2.32. The van der Waals surface area contributed by atoms with E-state index in [1.807, 2.05) is 27.7 Å². The SMILES string of the molecule is CCOC(=S)SC(CCC(=O)c1ccc(OC)cc1)[Si](OCC)(OCC)OCC. The van der Waals surface area contributed by atoms with Crippen molar-refractivity contribution in [2.24, 2.45) is 0 Å². The summed E-state index contributed by atoms with van der Waals surface area (Å²) in [5.41, 5.74) is 0.637. The Morgan fingerprint density at radius 3 is 2.00 bits per heavy atom. The van der Waals surface area contributed by atoms with Crippen molar-refractivity contribution in [3.8, 4) is 5.75 Å². The summed E-state index contributed by atoms with van der Waals surface area (Å²) in [7, 11) is -1.48. The lowest BCUT2D eigenvalue weighted by atomic mass is 10.1. The summed E-state index contributed by atoms with van der Waals surface area (Å²) in [5.74, 6) is 0.750. The summed E-state index contributed by atoms with van der Waals surface area (Å²) in [6, 6.07) is 7.10. The van der Waals surface area contributed by atoms with Crippen LogP contribution in [0, 0.1) is 0 Å². The standard InChI is InChI=1S/C20H32O6S2Si/c1-6-23-20(27)28-19(29(24-7-2,25-8-3)26-9-4)15-14-18(21)16-10-12-17(22-5)13-11-16/h10-13,19H,6-9,14-15H2,1-5H3. The molecule has 1 rings (SSSR count). The third kappa shape index (κ3) is 8.35. The summed E-state index contributed by atoms with van der Waals surface area (Å²) < 4.78 is 29.2. The molecule has 0 aliphatic heterocycles. The van der Waals surface area contributed by atoms with Crippen LogP contribution in [0.3, 0.4) is 0 Å². The Labute approximate surface area is 185 Å². The highest BCUT2D eigenvalue weighted by molar-refractivity contribution is 8.23. The van der Waals surface area contributed by atoms with Gasteiger partial charge in [0.1, 0.15) is 5.75 Å². The van der Waals surface area contributed by atoms with Gasteiger partial charge in [0.05, 0.1) is 18.6 Å². The van der Waals surface area contributed by atoms with Crippen molar-refractivity contribution in [1.82, 2.24) is 0 Å². The van der Waals surface area contributed by atoms with Crippen molar-refractivity contribution in [3.63, 3.8) is 0 Å². The minimum Gasteiger partial charge on any atom is -0.497 e. The van der Waals surface area contributed by atoms with Gasteiger partial charge >= 0.3 is 8.80 Å². The highest BCUT2D eigenvalue weighted by Gasteiger charge is 2.50. The number of ketones is 1. The number of hydrogen-bond donors (Lipinski definition) is 0. The number of carbonyl (C=O) groups is 1.